The number of rotatable bonds is 6. The van der Waals surface area contributed by atoms with E-state index in [2.05, 4.69) is 15.4 Å². The van der Waals surface area contributed by atoms with Crippen LogP contribution in [0.2, 0.25) is 0 Å². The summed E-state index contributed by atoms with van der Waals surface area (Å²) >= 11 is 0. The van der Waals surface area contributed by atoms with Crippen LogP contribution in [0.1, 0.15) is 40.6 Å². The van der Waals surface area contributed by atoms with Gasteiger partial charge in [-0.05, 0) is 44.2 Å². The molecule has 0 atom stereocenters. The standard InChI is InChI=1S/C23H20F3N5O3/c1-13(2)31-20-16(11-28-31)15(10-18(29-20)19-8-5-9-34-19)22(33)30-17-7-4-3-6-14(17)21(32)27-12-23(24,25)26/h3-11,13H,12H2,1-2H3,(H,27,32)(H,30,33). The van der Waals surface area contributed by atoms with Gasteiger partial charge < -0.3 is 15.1 Å². The predicted molar refractivity (Wildman–Crippen MR) is 118 cm³/mol. The minimum absolute atomic E-state index is 0.0363. The molecule has 2 N–H and O–H groups in total. The zero-order chi connectivity index (χ0) is 24.5. The Labute approximate surface area is 191 Å². The fraction of sp³-hybridized carbons (Fsp3) is 0.217. The first kappa shape index (κ1) is 23.0. The highest BCUT2D eigenvalue weighted by Crippen LogP contribution is 2.28. The van der Waals surface area contributed by atoms with Crippen molar-refractivity contribution in [3.05, 3.63) is 66.1 Å². The van der Waals surface area contributed by atoms with Crippen molar-refractivity contribution in [2.24, 2.45) is 0 Å². The van der Waals surface area contributed by atoms with Gasteiger partial charge in [0.15, 0.2) is 11.4 Å². The van der Waals surface area contributed by atoms with Gasteiger partial charge in [0.25, 0.3) is 11.8 Å². The molecule has 0 saturated heterocycles. The lowest BCUT2D eigenvalue weighted by molar-refractivity contribution is -0.123. The van der Waals surface area contributed by atoms with Gasteiger partial charge in [-0.15, -0.1) is 0 Å². The van der Waals surface area contributed by atoms with Gasteiger partial charge >= 0.3 is 6.18 Å². The van der Waals surface area contributed by atoms with Gasteiger partial charge in [0.05, 0.1) is 34.7 Å². The number of benzene rings is 1. The molecule has 0 unspecified atom stereocenters. The fourth-order valence-corrected chi connectivity index (χ4v) is 3.39. The van der Waals surface area contributed by atoms with Crippen molar-refractivity contribution in [2.45, 2.75) is 26.1 Å². The van der Waals surface area contributed by atoms with E-state index in [9.17, 15) is 22.8 Å². The number of amides is 2. The predicted octanol–water partition coefficient (Wildman–Crippen LogP) is 4.82. The normalized spacial score (nSPS) is 11.7. The van der Waals surface area contributed by atoms with Crippen LogP contribution in [-0.4, -0.2) is 39.3 Å². The Morgan fingerprint density at radius 2 is 1.85 bits per heavy atom. The molecule has 3 aromatic heterocycles. The number of pyridine rings is 1. The first-order valence-corrected chi connectivity index (χ1v) is 10.3. The van der Waals surface area contributed by atoms with Crippen LogP contribution in [0.4, 0.5) is 18.9 Å². The lowest BCUT2D eigenvalue weighted by atomic mass is 10.1. The Kier molecular flexibility index (Phi) is 6.10. The van der Waals surface area contributed by atoms with Gasteiger partial charge in [-0.2, -0.15) is 18.3 Å². The van der Waals surface area contributed by atoms with Crippen LogP contribution in [0.5, 0.6) is 0 Å². The third kappa shape index (κ3) is 4.77. The Balaban J connectivity index is 1.71. The SMILES string of the molecule is CC(C)n1ncc2c(C(=O)Nc3ccccc3C(=O)NCC(F)(F)F)cc(-c3ccco3)nc21. The van der Waals surface area contributed by atoms with Crippen LogP contribution < -0.4 is 10.6 Å². The molecule has 0 bridgehead atoms. The number of fused-ring (bicyclic) bond motifs is 1. The maximum atomic E-state index is 13.3. The quantitative estimate of drug-likeness (QED) is 0.420. The lowest BCUT2D eigenvalue weighted by Crippen LogP contribution is -2.34. The van der Waals surface area contributed by atoms with Crippen LogP contribution >= 0.6 is 0 Å². The number of hydrogen-bond acceptors (Lipinski definition) is 5. The molecule has 2 amide bonds. The van der Waals surface area contributed by atoms with Gasteiger partial charge in [0, 0.05) is 6.04 Å². The summed E-state index contributed by atoms with van der Waals surface area (Å²) < 4.78 is 44.7. The number of hydrogen-bond donors (Lipinski definition) is 2. The van der Waals surface area contributed by atoms with Crippen molar-refractivity contribution in [1.29, 1.82) is 0 Å². The van der Waals surface area contributed by atoms with Crippen LogP contribution in [-0.2, 0) is 0 Å². The molecule has 11 heteroatoms. The van der Waals surface area contributed by atoms with Crippen molar-refractivity contribution < 1.29 is 27.2 Å². The number of nitrogens with one attached hydrogen (secondary N) is 2. The summed E-state index contributed by atoms with van der Waals surface area (Å²) in [6.07, 6.45) is -1.56. The second-order valence-electron chi connectivity index (χ2n) is 7.75. The first-order chi connectivity index (χ1) is 16.1. The van der Waals surface area contributed by atoms with Crippen molar-refractivity contribution >= 4 is 28.5 Å². The molecule has 0 aliphatic rings. The third-order valence-corrected chi connectivity index (χ3v) is 4.94. The number of nitrogens with zero attached hydrogens (tertiary/aromatic N) is 3. The minimum Gasteiger partial charge on any atom is -0.463 e. The Morgan fingerprint density at radius 3 is 2.53 bits per heavy atom. The Hall–Kier alpha value is -4.15. The van der Waals surface area contributed by atoms with Crippen molar-refractivity contribution in [3.63, 3.8) is 0 Å². The van der Waals surface area contributed by atoms with E-state index in [0.29, 0.717) is 22.5 Å². The summed E-state index contributed by atoms with van der Waals surface area (Å²) in [5.41, 5.74) is 1.04. The summed E-state index contributed by atoms with van der Waals surface area (Å²) in [5, 5.41) is 9.25. The number of para-hydroxylation sites is 1. The van der Waals surface area contributed by atoms with E-state index in [0.717, 1.165) is 0 Å². The monoisotopic (exact) mass is 471 g/mol. The highest BCUT2D eigenvalue weighted by atomic mass is 19.4. The maximum absolute atomic E-state index is 13.3. The molecule has 3 heterocycles. The van der Waals surface area contributed by atoms with Crippen LogP contribution in [0.25, 0.3) is 22.5 Å². The molecule has 176 valence electrons. The number of alkyl halides is 3. The molecule has 34 heavy (non-hydrogen) atoms. The maximum Gasteiger partial charge on any atom is 0.405 e. The Bertz CT molecular complexity index is 1340. The molecule has 0 saturated carbocycles. The average Bonchev–Trinajstić information content (AvgIpc) is 3.46. The summed E-state index contributed by atoms with van der Waals surface area (Å²) in [7, 11) is 0. The van der Waals surface area contributed by atoms with Gasteiger partial charge in [0.2, 0.25) is 0 Å². The zero-order valence-corrected chi connectivity index (χ0v) is 18.2. The van der Waals surface area contributed by atoms with E-state index in [4.69, 9.17) is 4.42 Å². The Morgan fingerprint density at radius 1 is 1.09 bits per heavy atom. The second-order valence-corrected chi connectivity index (χ2v) is 7.75. The van der Waals surface area contributed by atoms with E-state index in [1.807, 2.05) is 19.2 Å². The summed E-state index contributed by atoms with van der Waals surface area (Å²) in [5.74, 6) is -1.10. The van der Waals surface area contributed by atoms with Crippen LogP contribution in [0.3, 0.4) is 0 Å². The number of furan rings is 1. The second kappa shape index (κ2) is 9.00. The third-order valence-electron chi connectivity index (χ3n) is 4.94. The highest BCUT2D eigenvalue weighted by Gasteiger charge is 2.28. The van der Waals surface area contributed by atoms with E-state index in [-0.39, 0.29) is 22.9 Å². The minimum atomic E-state index is -4.56. The van der Waals surface area contributed by atoms with Gasteiger partial charge in [-0.1, -0.05) is 12.1 Å². The van der Waals surface area contributed by atoms with E-state index in [1.165, 1.54) is 36.7 Å². The number of carbonyl (C=O) groups excluding carboxylic acids is 2. The zero-order valence-electron chi connectivity index (χ0n) is 18.2. The van der Waals surface area contributed by atoms with E-state index in [1.54, 1.807) is 22.9 Å². The smallest absolute Gasteiger partial charge is 0.405 e. The van der Waals surface area contributed by atoms with Crippen LogP contribution in [0.15, 0.2) is 59.3 Å². The van der Waals surface area contributed by atoms with Gasteiger partial charge in [0.1, 0.15) is 12.2 Å². The summed E-state index contributed by atoms with van der Waals surface area (Å²) in [6, 6.07) is 10.7. The van der Waals surface area contributed by atoms with Gasteiger partial charge in [-0.25, -0.2) is 9.67 Å². The topological polar surface area (TPSA) is 102 Å². The molecule has 0 radical (unpaired) electrons. The van der Waals surface area contributed by atoms with Crippen molar-refractivity contribution in [3.8, 4) is 11.5 Å². The molecular formula is C23H20F3N5O3. The van der Waals surface area contributed by atoms with E-state index < -0.39 is 24.5 Å². The fourth-order valence-electron chi connectivity index (χ4n) is 3.39. The first-order valence-electron chi connectivity index (χ1n) is 10.3. The van der Waals surface area contributed by atoms with Gasteiger partial charge in [-0.3, -0.25) is 9.59 Å². The molecule has 4 aromatic rings. The van der Waals surface area contributed by atoms with Crippen LogP contribution in [0, 0.1) is 0 Å². The van der Waals surface area contributed by atoms with Crippen molar-refractivity contribution in [2.75, 3.05) is 11.9 Å². The van der Waals surface area contributed by atoms with E-state index >= 15 is 0 Å². The largest absolute Gasteiger partial charge is 0.463 e. The number of aromatic nitrogens is 3. The number of halogens is 3. The lowest BCUT2D eigenvalue weighted by Gasteiger charge is -2.13. The highest BCUT2D eigenvalue weighted by molar-refractivity contribution is 6.14. The molecule has 0 fully saturated rings. The molecule has 0 spiro atoms. The van der Waals surface area contributed by atoms with Crippen molar-refractivity contribution in [1.82, 2.24) is 20.1 Å². The molecule has 0 aliphatic carbocycles. The summed E-state index contributed by atoms with van der Waals surface area (Å²) in [6.45, 7) is 2.35. The number of carbonyl (C=O) groups is 2. The molecule has 8 nitrogen and oxygen atoms in total. The summed E-state index contributed by atoms with van der Waals surface area (Å²) in [4.78, 5) is 30.2. The molecule has 4 rings (SSSR count). The number of anilines is 1. The molecule has 1 aromatic carbocycles. The average molecular weight is 471 g/mol. The molecular weight excluding hydrogens is 451 g/mol. The molecule has 0 aliphatic heterocycles.